The Balaban J connectivity index is 2.84. The fourth-order valence-corrected chi connectivity index (χ4v) is 2.76. The smallest absolute Gasteiger partial charge is 0.147 e. The Bertz CT molecular complexity index is 319. The van der Waals surface area contributed by atoms with Crippen LogP contribution < -0.4 is 10.2 Å². The zero-order chi connectivity index (χ0) is 11.4. The number of hydrazine groups is 1. The lowest BCUT2D eigenvalue weighted by Crippen LogP contribution is -2.29. The molecule has 0 spiro atoms. The first-order valence-electron chi connectivity index (χ1n) is 4.47. The molecule has 0 aliphatic carbocycles. The summed E-state index contributed by atoms with van der Waals surface area (Å²) in [6, 6.07) is 4.08. The summed E-state index contributed by atoms with van der Waals surface area (Å²) in [6.07, 6.45) is 0. The number of ether oxygens (including phenoxy) is 1. The van der Waals surface area contributed by atoms with Gasteiger partial charge >= 0.3 is 0 Å². The molecular formula is C10H14Br2N2O. The van der Waals surface area contributed by atoms with E-state index < -0.39 is 0 Å². The highest BCUT2D eigenvalue weighted by molar-refractivity contribution is 9.11. The van der Waals surface area contributed by atoms with Gasteiger partial charge in [-0.3, -0.25) is 10.4 Å². The summed E-state index contributed by atoms with van der Waals surface area (Å²) in [4.78, 5) is 0. The van der Waals surface area contributed by atoms with Gasteiger partial charge in [0.2, 0.25) is 0 Å². The van der Waals surface area contributed by atoms with Gasteiger partial charge < -0.3 is 4.74 Å². The van der Waals surface area contributed by atoms with E-state index >= 15 is 0 Å². The minimum atomic E-state index is 0.786. The second-order valence-corrected chi connectivity index (χ2v) is 5.03. The molecule has 0 aliphatic heterocycles. The first kappa shape index (κ1) is 13.0. The molecule has 0 amide bonds. The molecule has 0 fully saturated rings. The maximum absolute atomic E-state index is 5.23. The molecule has 1 rings (SSSR count). The SMILES string of the molecule is COc1c(Br)cc(CNN(C)C)cc1Br. The molecule has 0 aromatic heterocycles. The summed E-state index contributed by atoms with van der Waals surface area (Å²) in [7, 11) is 5.59. The molecule has 0 atom stereocenters. The molecule has 1 N–H and O–H groups in total. The minimum Gasteiger partial charge on any atom is -0.494 e. The molecule has 0 saturated heterocycles. The van der Waals surface area contributed by atoms with Gasteiger partial charge in [-0.1, -0.05) is 0 Å². The van der Waals surface area contributed by atoms with E-state index in [1.54, 1.807) is 7.11 Å². The van der Waals surface area contributed by atoms with Crippen LogP contribution >= 0.6 is 31.9 Å². The molecular weight excluding hydrogens is 324 g/mol. The van der Waals surface area contributed by atoms with Gasteiger partial charge in [0.1, 0.15) is 5.75 Å². The van der Waals surface area contributed by atoms with Crippen LogP contribution in [0.25, 0.3) is 0 Å². The first-order valence-corrected chi connectivity index (χ1v) is 6.06. The lowest BCUT2D eigenvalue weighted by atomic mass is 10.2. The largest absolute Gasteiger partial charge is 0.494 e. The number of nitrogens with zero attached hydrogens (tertiary/aromatic N) is 1. The summed E-state index contributed by atoms with van der Waals surface area (Å²) in [5.74, 6) is 0.823. The fourth-order valence-electron chi connectivity index (χ4n) is 1.16. The lowest BCUT2D eigenvalue weighted by Gasteiger charge is -2.13. The molecule has 0 unspecified atom stereocenters. The van der Waals surface area contributed by atoms with E-state index in [1.165, 1.54) is 5.56 Å². The number of hydrogen-bond donors (Lipinski definition) is 1. The third-order valence-corrected chi connectivity index (χ3v) is 3.04. The van der Waals surface area contributed by atoms with Crippen molar-refractivity contribution in [1.82, 2.24) is 10.4 Å². The normalized spacial score (nSPS) is 10.8. The summed E-state index contributed by atoms with van der Waals surface area (Å²) >= 11 is 6.94. The summed E-state index contributed by atoms with van der Waals surface area (Å²) < 4.78 is 7.14. The van der Waals surface area contributed by atoms with Crippen molar-refractivity contribution in [1.29, 1.82) is 0 Å². The predicted octanol–water partition coefficient (Wildman–Crippen LogP) is 2.79. The Kier molecular flexibility index (Phi) is 5.05. The van der Waals surface area contributed by atoms with Crippen molar-refractivity contribution in [3.05, 3.63) is 26.6 Å². The van der Waals surface area contributed by atoms with Crippen molar-refractivity contribution in [2.75, 3.05) is 21.2 Å². The molecule has 1 aromatic rings. The van der Waals surface area contributed by atoms with E-state index in [0.29, 0.717) is 0 Å². The van der Waals surface area contributed by atoms with Gasteiger partial charge in [0, 0.05) is 20.6 Å². The van der Waals surface area contributed by atoms with Crippen LogP contribution in [0.1, 0.15) is 5.56 Å². The molecule has 0 radical (unpaired) electrons. The molecule has 84 valence electrons. The lowest BCUT2D eigenvalue weighted by molar-refractivity contribution is 0.286. The van der Waals surface area contributed by atoms with Gasteiger partial charge in [0.05, 0.1) is 16.1 Å². The van der Waals surface area contributed by atoms with Gasteiger partial charge in [-0.05, 0) is 49.6 Å². The second-order valence-electron chi connectivity index (χ2n) is 3.32. The summed E-state index contributed by atoms with van der Waals surface area (Å²) in [5.41, 5.74) is 4.39. The van der Waals surface area contributed by atoms with Crippen LogP contribution in [-0.4, -0.2) is 26.2 Å². The van der Waals surface area contributed by atoms with Gasteiger partial charge in [0.15, 0.2) is 0 Å². The molecule has 5 heteroatoms. The number of nitrogens with one attached hydrogen (secondary N) is 1. The van der Waals surface area contributed by atoms with Crippen LogP contribution in [0.15, 0.2) is 21.1 Å². The van der Waals surface area contributed by atoms with E-state index in [2.05, 4.69) is 37.3 Å². The van der Waals surface area contributed by atoms with Crippen molar-refractivity contribution in [2.45, 2.75) is 6.54 Å². The van der Waals surface area contributed by atoms with Crippen molar-refractivity contribution >= 4 is 31.9 Å². The number of rotatable bonds is 4. The fraction of sp³-hybridized carbons (Fsp3) is 0.400. The Hall–Kier alpha value is -0.100. The minimum absolute atomic E-state index is 0.786. The van der Waals surface area contributed by atoms with Crippen LogP contribution in [0.2, 0.25) is 0 Å². The van der Waals surface area contributed by atoms with Crippen LogP contribution in [0, 0.1) is 0 Å². The average molecular weight is 338 g/mol. The number of methoxy groups -OCH3 is 1. The molecule has 1 aromatic carbocycles. The van der Waals surface area contributed by atoms with E-state index in [0.717, 1.165) is 21.2 Å². The standard InChI is InChI=1S/C10H14Br2N2O/c1-14(2)13-6-7-4-8(11)10(15-3)9(12)5-7/h4-5,13H,6H2,1-3H3. The molecule has 0 saturated carbocycles. The van der Waals surface area contributed by atoms with Crippen LogP contribution in [-0.2, 0) is 6.54 Å². The molecule has 0 heterocycles. The van der Waals surface area contributed by atoms with Crippen LogP contribution in [0.3, 0.4) is 0 Å². The predicted molar refractivity (Wildman–Crippen MR) is 68.9 cm³/mol. The Morgan fingerprint density at radius 2 is 1.80 bits per heavy atom. The van der Waals surface area contributed by atoms with Gasteiger partial charge in [-0.25, -0.2) is 0 Å². The third kappa shape index (κ3) is 3.75. The molecule has 3 nitrogen and oxygen atoms in total. The van der Waals surface area contributed by atoms with E-state index in [1.807, 2.05) is 31.2 Å². The monoisotopic (exact) mass is 336 g/mol. The van der Waals surface area contributed by atoms with Crippen molar-refractivity contribution in [2.24, 2.45) is 0 Å². The van der Waals surface area contributed by atoms with Gasteiger partial charge in [0.25, 0.3) is 0 Å². The highest BCUT2D eigenvalue weighted by Crippen LogP contribution is 2.34. The van der Waals surface area contributed by atoms with E-state index in [-0.39, 0.29) is 0 Å². The zero-order valence-corrected chi connectivity index (χ0v) is 12.1. The highest BCUT2D eigenvalue weighted by atomic mass is 79.9. The quantitative estimate of drug-likeness (QED) is 0.855. The van der Waals surface area contributed by atoms with Gasteiger partial charge in [-0.2, -0.15) is 0 Å². The van der Waals surface area contributed by atoms with Crippen molar-refractivity contribution in [3.8, 4) is 5.75 Å². The second kappa shape index (κ2) is 5.84. The number of benzene rings is 1. The molecule has 15 heavy (non-hydrogen) atoms. The summed E-state index contributed by atoms with van der Waals surface area (Å²) in [6.45, 7) is 0.786. The number of halogens is 2. The van der Waals surface area contributed by atoms with Crippen molar-refractivity contribution in [3.63, 3.8) is 0 Å². The van der Waals surface area contributed by atoms with Crippen molar-refractivity contribution < 1.29 is 4.74 Å². The first-order chi connectivity index (χ1) is 7.04. The molecule has 0 bridgehead atoms. The topological polar surface area (TPSA) is 24.5 Å². The maximum atomic E-state index is 5.23. The van der Waals surface area contributed by atoms with Crippen LogP contribution in [0.4, 0.5) is 0 Å². The third-order valence-electron chi connectivity index (χ3n) is 1.86. The summed E-state index contributed by atoms with van der Waals surface area (Å²) in [5, 5.41) is 1.92. The Morgan fingerprint density at radius 1 is 1.27 bits per heavy atom. The maximum Gasteiger partial charge on any atom is 0.147 e. The highest BCUT2D eigenvalue weighted by Gasteiger charge is 2.07. The zero-order valence-electron chi connectivity index (χ0n) is 8.97. The number of hydrogen-bond acceptors (Lipinski definition) is 3. The van der Waals surface area contributed by atoms with E-state index in [4.69, 9.17) is 4.74 Å². The average Bonchev–Trinajstić information content (AvgIpc) is 2.14. The van der Waals surface area contributed by atoms with Gasteiger partial charge in [-0.15, -0.1) is 0 Å². The van der Waals surface area contributed by atoms with E-state index in [9.17, 15) is 0 Å². The Morgan fingerprint density at radius 3 is 2.20 bits per heavy atom. The molecule has 0 aliphatic rings. The Labute approximate surface area is 107 Å². The van der Waals surface area contributed by atoms with Crippen LogP contribution in [0.5, 0.6) is 5.75 Å².